The molecule has 0 bridgehead atoms. The van der Waals surface area contributed by atoms with Gasteiger partial charge in [0.15, 0.2) is 0 Å². The number of rotatable bonds is 3. The molecule has 0 amide bonds. The van der Waals surface area contributed by atoms with Gasteiger partial charge >= 0.3 is 0 Å². The van der Waals surface area contributed by atoms with E-state index < -0.39 is 0 Å². The average Bonchev–Trinajstić information content (AvgIpc) is 2.36. The minimum absolute atomic E-state index is 0.0312. The fraction of sp³-hybridized carbons (Fsp3) is 0.600. The van der Waals surface area contributed by atoms with Gasteiger partial charge in [-0.3, -0.25) is 9.69 Å². The van der Waals surface area contributed by atoms with Crippen LogP contribution in [0.4, 0.5) is 0 Å². The predicted molar refractivity (Wildman–Crippen MR) is 65.8 cm³/mol. The smallest absolute Gasteiger partial charge is 0.287 e. The number of morpholine rings is 1. The second-order valence-electron chi connectivity index (χ2n) is 3.79. The Balaban J connectivity index is 1.99. The van der Waals surface area contributed by atoms with E-state index in [0.717, 1.165) is 32.8 Å². The van der Waals surface area contributed by atoms with E-state index in [1.165, 1.54) is 10.9 Å². The van der Waals surface area contributed by atoms with E-state index >= 15 is 0 Å². The lowest BCUT2D eigenvalue weighted by molar-refractivity contribution is 0.0358. The van der Waals surface area contributed by atoms with Gasteiger partial charge in [0.1, 0.15) is 5.02 Å². The minimum atomic E-state index is -0.340. The molecular weight excluding hydrogens is 265 g/mol. The van der Waals surface area contributed by atoms with Crippen molar-refractivity contribution in [3.05, 3.63) is 26.6 Å². The summed E-state index contributed by atoms with van der Waals surface area (Å²) >= 11 is 11.5. The summed E-state index contributed by atoms with van der Waals surface area (Å²) in [6.45, 7) is 4.52. The Morgan fingerprint density at radius 2 is 2.00 bits per heavy atom. The Morgan fingerprint density at radius 1 is 1.29 bits per heavy atom. The molecule has 0 atom stereocenters. The van der Waals surface area contributed by atoms with Gasteiger partial charge in [0.25, 0.3) is 5.56 Å². The molecule has 0 spiro atoms. The van der Waals surface area contributed by atoms with E-state index in [2.05, 4.69) is 10.00 Å². The Morgan fingerprint density at radius 3 is 2.71 bits per heavy atom. The van der Waals surface area contributed by atoms with Crippen molar-refractivity contribution in [2.45, 2.75) is 6.54 Å². The van der Waals surface area contributed by atoms with Gasteiger partial charge in [0.05, 0.1) is 31.0 Å². The highest BCUT2D eigenvalue weighted by Gasteiger charge is 2.12. The largest absolute Gasteiger partial charge is 0.379 e. The minimum Gasteiger partial charge on any atom is -0.379 e. The summed E-state index contributed by atoms with van der Waals surface area (Å²) in [5.41, 5.74) is -0.340. The van der Waals surface area contributed by atoms with Gasteiger partial charge in [0, 0.05) is 19.6 Å². The molecule has 94 valence electrons. The first-order chi connectivity index (χ1) is 8.18. The summed E-state index contributed by atoms with van der Waals surface area (Å²) < 4.78 is 6.58. The number of halogens is 2. The molecule has 2 heterocycles. The van der Waals surface area contributed by atoms with E-state index in [0.29, 0.717) is 6.54 Å². The lowest BCUT2D eigenvalue weighted by Gasteiger charge is -2.26. The maximum Gasteiger partial charge on any atom is 0.287 e. The van der Waals surface area contributed by atoms with E-state index in [1.54, 1.807) is 0 Å². The molecule has 5 nitrogen and oxygen atoms in total. The van der Waals surface area contributed by atoms with Gasteiger partial charge in [-0.25, -0.2) is 4.68 Å². The van der Waals surface area contributed by atoms with Crippen LogP contribution < -0.4 is 5.56 Å². The van der Waals surface area contributed by atoms with Crippen LogP contribution in [-0.2, 0) is 11.3 Å². The number of nitrogens with zero attached hydrogens (tertiary/aromatic N) is 3. The molecule has 17 heavy (non-hydrogen) atoms. The van der Waals surface area contributed by atoms with Crippen molar-refractivity contribution in [3.8, 4) is 0 Å². The summed E-state index contributed by atoms with van der Waals surface area (Å²) in [6.07, 6.45) is 1.39. The van der Waals surface area contributed by atoms with Crippen LogP contribution in [0.15, 0.2) is 11.0 Å². The molecule has 0 unspecified atom stereocenters. The molecule has 2 rings (SSSR count). The highest BCUT2D eigenvalue weighted by Crippen LogP contribution is 2.14. The monoisotopic (exact) mass is 277 g/mol. The van der Waals surface area contributed by atoms with Crippen molar-refractivity contribution in [2.24, 2.45) is 0 Å². The summed E-state index contributed by atoms with van der Waals surface area (Å²) in [5.74, 6) is 0. The summed E-state index contributed by atoms with van der Waals surface area (Å²) in [7, 11) is 0. The van der Waals surface area contributed by atoms with Gasteiger partial charge < -0.3 is 4.74 Å². The standard InChI is InChI=1S/C10H13Cl2N3O2/c11-8-7-13-15(10(16)9(8)12)2-1-14-3-5-17-6-4-14/h7H,1-6H2. The topological polar surface area (TPSA) is 47.4 Å². The van der Waals surface area contributed by atoms with Crippen molar-refractivity contribution in [1.82, 2.24) is 14.7 Å². The number of aromatic nitrogens is 2. The average molecular weight is 278 g/mol. The van der Waals surface area contributed by atoms with E-state index in [4.69, 9.17) is 27.9 Å². The lowest BCUT2D eigenvalue weighted by atomic mass is 10.4. The lowest BCUT2D eigenvalue weighted by Crippen LogP contribution is -2.39. The summed E-state index contributed by atoms with van der Waals surface area (Å²) in [6, 6.07) is 0. The molecule has 0 aromatic carbocycles. The molecule has 1 aliphatic rings. The molecule has 1 aromatic rings. The summed E-state index contributed by atoms with van der Waals surface area (Å²) in [4.78, 5) is 13.9. The number of ether oxygens (including phenoxy) is 1. The zero-order valence-corrected chi connectivity index (χ0v) is 10.7. The third-order valence-electron chi connectivity index (χ3n) is 2.67. The zero-order chi connectivity index (χ0) is 12.3. The van der Waals surface area contributed by atoms with Crippen molar-refractivity contribution < 1.29 is 4.74 Å². The van der Waals surface area contributed by atoms with Crippen LogP contribution in [0, 0.1) is 0 Å². The molecule has 0 N–H and O–H groups in total. The Kier molecular flexibility index (Phi) is 4.39. The summed E-state index contributed by atoms with van der Waals surface area (Å²) in [5, 5.41) is 4.18. The normalized spacial score (nSPS) is 17.3. The number of hydrogen-bond donors (Lipinski definition) is 0. The van der Waals surface area contributed by atoms with Crippen LogP contribution in [0.1, 0.15) is 0 Å². The first-order valence-corrected chi connectivity index (χ1v) is 6.15. The van der Waals surface area contributed by atoms with Crippen LogP contribution in [0.2, 0.25) is 10.0 Å². The van der Waals surface area contributed by atoms with E-state index in [9.17, 15) is 4.79 Å². The third-order valence-corrected chi connectivity index (χ3v) is 3.42. The molecule has 7 heteroatoms. The van der Waals surface area contributed by atoms with Crippen LogP contribution in [0.25, 0.3) is 0 Å². The van der Waals surface area contributed by atoms with Gasteiger partial charge in [0.2, 0.25) is 0 Å². The molecule has 0 saturated carbocycles. The molecule has 1 saturated heterocycles. The molecule has 1 aromatic heterocycles. The SMILES string of the molecule is O=c1c(Cl)c(Cl)cnn1CCN1CCOCC1. The van der Waals surface area contributed by atoms with Crippen molar-refractivity contribution in [3.63, 3.8) is 0 Å². The molecule has 1 fully saturated rings. The van der Waals surface area contributed by atoms with Crippen LogP contribution in [0.5, 0.6) is 0 Å². The third kappa shape index (κ3) is 3.19. The highest BCUT2D eigenvalue weighted by atomic mass is 35.5. The Hall–Kier alpha value is -0.620. The van der Waals surface area contributed by atoms with Gasteiger partial charge in [-0.2, -0.15) is 5.10 Å². The number of hydrogen-bond acceptors (Lipinski definition) is 4. The fourth-order valence-electron chi connectivity index (χ4n) is 1.67. The van der Waals surface area contributed by atoms with E-state index in [1.807, 2.05) is 0 Å². The quantitative estimate of drug-likeness (QED) is 0.823. The molecular formula is C10H13Cl2N3O2. The van der Waals surface area contributed by atoms with Crippen LogP contribution in [0.3, 0.4) is 0 Å². The van der Waals surface area contributed by atoms with Gasteiger partial charge in [-0.05, 0) is 0 Å². The second-order valence-corrected chi connectivity index (χ2v) is 4.57. The fourth-order valence-corrected chi connectivity index (χ4v) is 1.94. The first-order valence-electron chi connectivity index (χ1n) is 5.39. The first kappa shape index (κ1) is 12.8. The van der Waals surface area contributed by atoms with Crippen LogP contribution >= 0.6 is 23.2 Å². The Labute approximate surface area is 109 Å². The highest BCUT2D eigenvalue weighted by molar-refractivity contribution is 6.41. The Bertz CT molecular complexity index is 444. The van der Waals surface area contributed by atoms with E-state index in [-0.39, 0.29) is 15.6 Å². The van der Waals surface area contributed by atoms with Crippen LogP contribution in [-0.4, -0.2) is 47.5 Å². The zero-order valence-electron chi connectivity index (χ0n) is 9.23. The molecule has 1 aliphatic heterocycles. The maximum atomic E-state index is 11.7. The second kappa shape index (κ2) is 5.82. The van der Waals surface area contributed by atoms with Crippen molar-refractivity contribution in [1.29, 1.82) is 0 Å². The van der Waals surface area contributed by atoms with Crippen molar-refractivity contribution in [2.75, 3.05) is 32.8 Å². The maximum absolute atomic E-state index is 11.7. The molecule has 0 aliphatic carbocycles. The predicted octanol–water partition coefficient (Wildman–Crippen LogP) is 0.882. The van der Waals surface area contributed by atoms with Gasteiger partial charge in [-0.15, -0.1) is 0 Å². The van der Waals surface area contributed by atoms with Gasteiger partial charge in [-0.1, -0.05) is 23.2 Å². The molecule has 0 radical (unpaired) electrons. The van der Waals surface area contributed by atoms with Crippen molar-refractivity contribution >= 4 is 23.2 Å².